The lowest BCUT2D eigenvalue weighted by molar-refractivity contribution is -0.973. The molecule has 2 amide bonds. The highest BCUT2D eigenvalue weighted by atomic mass is 32.2. The van der Waals surface area contributed by atoms with E-state index >= 15 is 0 Å². The van der Waals surface area contributed by atoms with Crippen molar-refractivity contribution < 1.29 is 9.69 Å². The number of fused-ring (bicyclic) bond motifs is 2. The molecule has 4 rings (SSSR count). The largest absolute Gasteiger partial charge is 0.335 e. The molecule has 4 atom stereocenters. The smallest absolute Gasteiger partial charge is 0.319 e. The first-order valence-electron chi connectivity index (χ1n) is 10.3. The van der Waals surface area contributed by atoms with Crippen LogP contribution in [0.2, 0.25) is 0 Å². The first-order chi connectivity index (χ1) is 13.7. The molecule has 2 fully saturated rings. The highest BCUT2D eigenvalue weighted by Gasteiger charge is 2.42. The summed E-state index contributed by atoms with van der Waals surface area (Å²) in [4.78, 5) is 15.4. The standard InChI is InChI=1S/C23H29N3OS/c1-28-22-12-10-18(11-13-22)24-23(27)25-19-14-20-8-5-9-21(15-19)26(20)16-17-6-3-2-4-7-17/h2-4,6-7,10-13,19-21H,5,8-9,14-16H2,1H3,(H2,24,25,27)/p+1/t19?,20-,21+. The summed E-state index contributed by atoms with van der Waals surface area (Å²) >= 11 is 1.70. The second-order valence-corrected chi connectivity index (χ2v) is 8.94. The van der Waals surface area contributed by atoms with Crippen LogP contribution in [0.5, 0.6) is 0 Å². The lowest BCUT2D eigenvalue weighted by Gasteiger charge is -2.46. The number of quaternary nitrogens is 1. The Kier molecular flexibility index (Phi) is 6.23. The van der Waals surface area contributed by atoms with E-state index in [-0.39, 0.29) is 12.1 Å². The normalized spacial score (nSPS) is 26.5. The Morgan fingerprint density at radius 2 is 1.71 bits per heavy atom. The summed E-state index contributed by atoms with van der Waals surface area (Å²) in [6.07, 6.45) is 8.09. The molecule has 0 saturated carbocycles. The number of hydrogen-bond acceptors (Lipinski definition) is 2. The van der Waals surface area contributed by atoms with Gasteiger partial charge in [-0.2, -0.15) is 0 Å². The van der Waals surface area contributed by atoms with Crippen LogP contribution in [0.15, 0.2) is 59.5 Å². The lowest BCUT2D eigenvalue weighted by atomic mass is 9.81. The van der Waals surface area contributed by atoms with E-state index in [1.165, 1.54) is 29.7 Å². The van der Waals surface area contributed by atoms with Crippen LogP contribution >= 0.6 is 11.8 Å². The van der Waals surface area contributed by atoms with Gasteiger partial charge >= 0.3 is 6.03 Å². The Hall–Kier alpha value is -1.98. The fourth-order valence-electron chi connectivity index (χ4n) is 4.90. The van der Waals surface area contributed by atoms with Gasteiger partial charge in [-0.05, 0) is 49.8 Å². The van der Waals surface area contributed by atoms with Crippen LogP contribution in [-0.4, -0.2) is 30.4 Å². The van der Waals surface area contributed by atoms with Gasteiger partial charge in [-0.25, -0.2) is 4.79 Å². The van der Waals surface area contributed by atoms with Crippen LogP contribution in [-0.2, 0) is 6.54 Å². The minimum Gasteiger partial charge on any atom is -0.335 e. The molecule has 2 aliphatic rings. The van der Waals surface area contributed by atoms with Gasteiger partial charge in [0.15, 0.2) is 0 Å². The van der Waals surface area contributed by atoms with Gasteiger partial charge in [-0.15, -0.1) is 11.8 Å². The van der Waals surface area contributed by atoms with Gasteiger partial charge in [0.1, 0.15) is 6.54 Å². The summed E-state index contributed by atoms with van der Waals surface area (Å²) in [7, 11) is 0. The van der Waals surface area contributed by atoms with Crippen molar-refractivity contribution in [1.29, 1.82) is 0 Å². The van der Waals surface area contributed by atoms with Crippen molar-refractivity contribution >= 4 is 23.5 Å². The van der Waals surface area contributed by atoms with E-state index < -0.39 is 0 Å². The summed E-state index contributed by atoms with van der Waals surface area (Å²) < 4.78 is 0. The molecule has 0 aromatic heterocycles. The fourth-order valence-corrected chi connectivity index (χ4v) is 5.31. The summed E-state index contributed by atoms with van der Waals surface area (Å²) in [6.45, 7) is 1.11. The highest BCUT2D eigenvalue weighted by Crippen LogP contribution is 2.23. The zero-order valence-electron chi connectivity index (χ0n) is 16.5. The van der Waals surface area contributed by atoms with E-state index in [9.17, 15) is 4.79 Å². The van der Waals surface area contributed by atoms with Gasteiger partial charge in [-0.1, -0.05) is 30.3 Å². The van der Waals surface area contributed by atoms with E-state index in [1.54, 1.807) is 16.7 Å². The lowest BCUT2D eigenvalue weighted by Crippen LogP contribution is -3.20. The molecular weight excluding hydrogens is 366 g/mol. The number of thioether (sulfide) groups is 1. The topological polar surface area (TPSA) is 45.6 Å². The van der Waals surface area contributed by atoms with E-state index in [2.05, 4.69) is 47.2 Å². The average molecular weight is 397 g/mol. The molecule has 2 aromatic rings. The molecule has 148 valence electrons. The van der Waals surface area contributed by atoms with Crippen LogP contribution in [0.25, 0.3) is 0 Å². The fraction of sp³-hybridized carbons (Fsp3) is 0.435. The monoisotopic (exact) mass is 396 g/mol. The zero-order chi connectivity index (χ0) is 19.3. The number of piperidine rings is 2. The Balaban J connectivity index is 1.33. The van der Waals surface area contributed by atoms with Crippen LogP contribution in [0.4, 0.5) is 10.5 Å². The molecule has 0 spiro atoms. The number of urea groups is 1. The number of carbonyl (C=O) groups excluding carboxylic acids is 1. The van der Waals surface area contributed by atoms with E-state index in [0.29, 0.717) is 12.1 Å². The average Bonchev–Trinajstić information content (AvgIpc) is 2.70. The van der Waals surface area contributed by atoms with E-state index in [1.807, 2.05) is 24.3 Å². The van der Waals surface area contributed by atoms with Crippen molar-refractivity contribution in [3.8, 4) is 0 Å². The predicted octanol–water partition coefficient (Wildman–Crippen LogP) is 3.70. The molecule has 5 heteroatoms. The SMILES string of the molecule is CSc1ccc(NC(=O)NC2C[C@H]3CCC[C@@H](C2)[NH+]3Cc2ccccc2)cc1. The number of rotatable bonds is 5. The summed E-state index contributed by atoms with van der Waals surface area (Å²) in [5, 5.41) is 6.23. The Bertz CT molecular complexity index is 766. The second kappa shape index (κ2) is 9.01. The third-order valence-electron chi connectivity index (χ3n) is 6.23. The number of benzene rings is 2. The second-order valence-electron chi connectivity index (χ2n) is 8.06. The molecule has 2 heterocycles. The van der Waals surface area contributed by atoms with Crippen LogP contribution in [0.1, 0.15) is 37.7 Å². The van der Waals surface area contributed by atoms with Crippen molar-refractivity contribution in [2.24, 2.45) is 0 Å². The van der Waals surface area contributed by atoms with E-state index in [4.69, 9.17) is 0 Å². The Morgan fingerprint density at radius 1 is 1.04 bits per heavy atom. The Morgan fingerprint density at radius 3 is 2.36 bits per heavy atom. The molecular formula is C23H30N3OS+. The molecule has 2 aliphatic heterocycles. The molecule has 2 aromatic carbocycles. The summed E-state index contributed by atoms with van der Waals surface area (Å²) in [5.41, 5.74) is 2.27. The number of nitrogens with one attached hydrogen (secondary N) is 3. The first kappa shape index (κ1) is 19.3. The van der Waals surface area contributed by atoms with Gasteiger partial charge in [0, 0.05) is 35.0 Å². The highest BCUT2D eigenvalue weighted by molar-refractivity contribution is 7.98. The molecule has 2 bridgehead atoms. The zero-order valence-corrected chi connectivity index (χ0v) is 17.3. The Labute approximate surface area is 172 Å². The minimum atomic E-state index is -0.0773. The predicted molar refractivity (Wildman–Crippen MR) is 116 cm³/mol. The van der Waals surface area contributed by atoms with Crippen molar-refractivity contribution in [2.75, 3.05) is 11.6 Å². The quantitative estimate of drug-likeness (QED) is 0.675. The first-order valence-corrected chi connectivity index (χ1v) is 11.5. The molecule has 0 aliphatic carbocycles. The maximum Gasteiger partial charge on any atom is 0.319 e. The van der Waals surface area contributed by atoms with Crippen molar-refractivity contribution in [3.05, 3.63) is 60.2 Å². The van der Waals surface area contributed by atoms with Crippen LogP contribution in [0, 0.1) is 0 Å². The van der Waals surface area contributed by atoms with E-state index in [0.717, 1.165) is 25.1 Å². The molecule has 28 heavy (non-hydrogen) atoms. The molecule has 4 nitrogen and oxygen atoms in total. The van der Waals surface area contributed by atoms with Crippen molar-refractivity contribution in [3.63, 3.8) is 0 Å². The number of amides is 2. The maximum atomic E-state index is 12.5. The van der Waals surface area contributed by atoms with Crippen LogP contribution in [0.3, 0.4) is 0 Å². The third-order valence-corrected chi connectivity index (χ3v) is 6.97. The van der Waals surface area contributed by atoms with Gasteiger partial charge in [-0.3, -0.25) is 0 Å². The molecule has 2 unspecified atom stereocenters. The van der Waals surface area contributed by atoms with Gasteiger partial charge in [0.05, 0.1) is 12.1 Å². The third kappa shape index (κ3) is 4.70. The van der Waals surface area contributed by atoms with Crippen molar-refractivity contribution in [2.45, 2.75) is 61.7 Å². The van der Waals surface area contributed by atoms with Gasteiger partial charge in [0.25, 0.3) is 0 Å². The molecule has 3 N–H and O–H groups in total. The summed E-state index contributed by atoms with van der Waals surface area (Å²) in [5.74, 6) is 0. The van der Waals surface area contributed by atoms with Gasteiger partial charge in [0.2, 0.25) is 0 Å². The molecule has 0 radical (unpaired) electrons. The minimum absolute atomic E-state index is 0.0773. The van der Waals surface area contributed by atoms with Crippen molar-refractivity contribution in [1.82, 2.24) is 5.32 Å². The van der Waals surface area contributed by atoms with Crippen LogP contribution < -0.4 is 15.5 Å². The number of hydrogen-bond donors (Lipinski definition) is 3. The number of anilines is 1. The summed E-state index contributed by atoms with van der Waals surface area (Å²) in [6, 6.07) is 20.3. The maximum absolute atomic E-state index is 12.5. The van der Waals surface area contributed by atoms with Gasteiger partial charge < -0.3 is 15.5 Å². The molecule has 2 saturated heterocycles. The number of carbonyl (C=O) groups is 1.